The highest BCUT2D eigenvalue weighted by Crippen LogP contribution is 2.43. The fraction of sp³-hybridized carbons (Fsp3) is 0.357. The van der Waals surface area contributed by atoms with Crippen LogP contribution in [0.4, 0.5) is 0 Å². The first-order chi connectivity index (χ1) is 17.4. The molecule has 3 rings (SSSR count). The molecule has 1 heterocycles. The number of ketones is 1. The molecular weight excluding hydrogens is 460 g/mol. The summed E-state index contributed by atoms with van der Waals surface area (Å²) >= 11 is 0. The van der Waals surface area contributed by atoms with Crippen molar-refractivity contribution < 1.29 is 28.9 Å². The molecule has 1 fully saturated rings. The van der Waals surface area contributed by atoms with Crippen LogP contribution in [0.15, 0.2) is 60.7 Å². The van der Waals surface area contributed by atoms with Crippen LogP contribution < -0.4 is 14.2 Å². The maximum Gasteiger partial charge on any atom is 0.295 e. The third-order valence-corrected chi connectivity index (χ3v) is 6.32. The SMILES string of the molecule is C=CCOc1ccc(/C(O)=C2\C(=O)C(=O)N(CCN(CC)CC)C2c2cc(OC)ccc2OC)cc1. The Morgan fingerprint density at radius 3 is 2.31 bits per heavy atom. The van der Waals surface area contributed by atoms with Gasteiger partial charge in [-0.1, -0.05) is 26.5 Å². The van der Waals surface area contributed by atoms with Crippen LogP contribution in [0.5, 0.6) is 17.2 Å². The van der Waals surface area contributed by atoms with Crippen molar-refractivity contribution in [3.63, 3.8) is 0 Å². The number of aliphatic hydroxyl groups is 1. The summed E-state index contributed by atoms with van der Waals surface area (Å²) < 4.78 is 16.5. The fourth-order valence-electron chi connectivity index (χ4n) is 4.30. The Morgan fingerprint density at radius 1 is 1.06 bits per heavy atom. The predicted octanol–water partition coefficient (Wildman–Crippen LogP) is 4.03. The Labute approximate surface area is 212 Å². The van der Waals surface area contributed by atoms with Crippen molar-refractivity contribution in [1.29, 1.82) is 0 Å². The summed E-state index contributed by atoms with van der Waals surface area (Å²) in [6.07, 6.45) is 1.63. The molecule has 2 aromatic rings. The molecule has 1 aliphatic rings. The fourth-order valence-corrected chi connectivity index (χ4v) is 4.30. The highest BCUT2D eigenvalue weighted by molar-refractivity contribution is 6.46. The number of hydrogen-bond donors (Lipinski definition) is 1. The van der Waals surface area contributed by atoms with Crippen molar-refractivity contribution in [2.75, 3.05) is 47.0 Å². The highest BCUT2D eigenvalue weighted by Gasteiger charge is 2.47. The second kappa shape index (κ2) is 12.3. The van der Waals surface area contributed by atoms with Crippen LogP contribution in [-0.2, 0) is 9.59 Å². The van der Waals surface area contributed by atoms with Crippen LogP contribution >= 0.6 is 0 Å². The van der Waals surface area contributed by atoms with E-state index in [2.05, 4.69) is 11.5 Å². The average molecular weight is 495 g/mol. The zero-order valence-corrected chi connectivity index (χ0v) is 21.3. The van der Waals surface area contributed by atoms with E-state index in [1.54, 1.807) is 55.7 Å². The number of carbonyl (C=O) groups excluding carboxylic acids is 2. The summed E-state index contributed by atoms with van der Waals surface area (Å²) in [6.45, 7) is 10.6. The number of likely N-dealkylation sites (N-methyl/N-ethyl adjacent to an activating group) is 1. The molecule has 1 amide bonds. The number of carbonyl (C=O) groups is 2. The number of hydrogen-bond acceptors (Lipinski definition) is 7. The van der Waals surface area contributed by atoms with Gasteiger partial charge in [-0.25, -0.2) is 0 Å². The molecule has 1 aliphatic heterocycles. The Hall–Kier alpha value is -3.78. The monoisotopic (exact) mass is 494 g/mol. The third kappa shape index (κ3) is 5.54. The molecule has 0 saturated carbocycles. The molecule has 1 atom stereocenters. The van der Waals surface area contributed by atoms with Gasteiger partial charge in [0, 0.05) is 24.2 Å². The molecular formula is C28H34N2O6. The van der Waals surface area contributed by atoms with Crippen LogP contribution in [0.2, 0.25) is 0 Å². The van der Waals surface area contributed by atoms with Gasteiger partial charge in [0.1, 0.15) is 29.6 Å². The first-order valence-corrected chi connectivity index (χ1v) is 12.0. The minimum atomic E-state index is -0.845. The number of rotatable bonds is 12. The van der Waals surface area contributed by atoms with Crippen LogP contribution in [-0.4, -0.2) is 73.6 Å². The van der Waals surface area contributed by atoms with Crippen molar-refractivity contribution in [2.24, 2.45) is 0 Å². The van der Waals surface area contributed by atoms with Crippen LogP contribution in [0.25, 0.3) is 5.76 Å². The summed E-state index contributed by atoms with van der Waals surface area (Å²) in [5.74, 6) is -0.0437. The molecule has 8 nitrogen and oxygen atoms in total. The number of methoxy groups -OCH3 is 2. The normalized spacial score (nSPS) is 16.9. The average Bonchev–Trinajstić information content (AvgIpc) is 3.16. The lowest BCUT2D eigenvalue weighted by Gasteiger charge is -2.29. The van der Waals surface area contributed by atoms with Crippen molar-refractivity contribution in [3.8, 4) is 17.2 Å². The number of Topliss-reactive ketones (excluding diaryl/α,β-unsaturated/α-hetero) is 1. The smallest absolute Gasteiger partial charge is 0.295 e. The van der Waals surface area contributed by atoms with E-state index in [0.29, 0.717) is 48.1 Å². The van der Waals surface area contributed by atoms with Crippen molar-refractivity contribution in [1.82, 2.24) is 9.80 Å². The van der Waals surface area contributed by atoms with E-state index in [9.17, 15) is 14.7 Å². The molecule has 2 aromatic carbocycles. The predicted molar refractivity (Wildman–Crippen MR) is 138 cm³/mol. The summed E-state index contributed by atoms with van der Waals surface area (Å²) in [5, 5.41) is 11.3. The van der Waals surface area contributed by atoms with E-state index >= 15 is 0 Å². The van der Waals surface area contributed by atoms with Crippen molar-refractivity contribution in [2.45, 2.75) is 19.9 Å². The van der Waals surface area contributed by atoms with Gasteiger partial charge in [-0.15, -0.1) is 0 Å². The molecule has 0 bridgehead atoms. The minimum absolute atomic E-state index is 0.00543. The van der Waals surface area contributed by atoms with E-state index in [1.165, 1.54) is 12.0 Å². The quantitative estimate of drug-likeness (QED) is 0.206. The summed E-state index contributed by atoms with van der Waals surface area (Å²) in [7, 11) is 3.06. The number of ether oxygens (including phenoxy) is 3. The lowest BCUT2D eigenvalue weighted by molar-refractivity contribution is -0.140. The minimum Gasteiger partial charge on any atom is -0.507 e. The van der Waals surface area contributed by atoms with Gasteiger partial charge in [-0.3, -0.25) is 9.59 Å². The Bertz CT molecular complexity index is 1120. The van der Waals surface area contributed by atoms with Crippen molar-refractivity contribution >= 4 is 17.4 Å². The van der Waals surface area contributed by atoms with E-state index in [4.69, 9.17) is 14.2 Å². The van der Waals surface area contributed by atoms with E-state index in [-0.39, 0.29) is 11.3 Å². The molecule has 0 aromatic heterocycles. The highest BCUT2D eigenvalue weighted by atomic mass is 16.5. The van der Waals surface area contributed by atoms with E-state index in [1.807, 2.05) is 13.8 Å². The molecule has 8 heteroatoms. The largest absolute Gasteiger partial charge is 0.507 e. The Morgan fingerprint density at radius 2 is 1.72 bits per heavy atom. The number of nitrogens with zero attached hydrogens (tertiary/aromatic N) is 2. The van der Waals surface area contributed by atoms with Gasteiger partial charge in [-0.2, -0.15) is 0 Å². The first-order valence-electron chi connectivity index (χ1n) is 12.0. The van der Waals surface area contributed by atoms with Gasteiger partial charge in [0.25, 0.3) is 11.7 Å². The summed E-state index contributed by atoms with van der Waals surface area (Å²) in [4.78, 5) is 30.3. The molecule has 1 unspecified atom stereocenters. The van der Waals surface area contributed by atoms with Crippen LogP contribution in [0, 0.1) is 0 Å². The molecule has 0 radical (unpaired) electrons. The van der Waals surface area contributed by atoms with Gasteiger partial charge in [0.15, 0.2) is 0 Å². The van der Waals surface area contributed by atoms with Gasteiger partial charge in [0.2, 0.25) is 0 Å². The van der Waals surface area contributed by atoms with Crippen molar-refractivity contribution in [3.05, 3.63) is 71.8 Å². The topological polar surface area (TPSA) is 88.5 Å². The number of likely N-dealkylation sites (tertiary alicyclic amines) is 1. The number of aliphatic hydroxyl groups excluding tert-OH is 1. The van der Waals surface area contributed by atoms with E-state index < -0.39 is 17.7 Å². The molecule has 0 spiro atoms. The van der Waals surface area contributed by atoms with Crippen LogP contribution in [0.1, 0.15) is 31.0 Å². The Balaban J connectivity index is 2.14. The van der Waals surface area contributed by atoms with E-state index in [0.717, 1.165) is 13.1 Å². The number of amides is 1. The van der Waals surface area contributed by atoms with Crippen LogP contribution in [0.3, 0.4) is 0 Å². The first kappa shape index (κ1) is 26.8. The maximum absolute atomic E-state index is 13.3. The van der Waals surface area contributed by atoms with Gasteiger partial charge in [0.05, 0.1) is 25.8 Å². The standard InChI is InChI=1S/C28H34N2O6/c1-6-17-36-20-11-9-19(10-12-20)26(31)24-25(22-18-21(34-4)13-14-23(22)35-5)30(28(33)27(24)32)16-15-29(7-2)8-3/h6,9-14,18,25,31H,1,7-8,15-17H2,2-5H3/b26-24+. The zero-order chi connectivity index (χ0) is 26.2. The lowest BCUT2D eigenvalue weighted by atomic mass is 9.94. The summed E-state index contributed by atoms with van der Waals surface area (Å²) in [5.41, 5.74) is 0.962. The molecule has 192 valence electrons. The lowest BCUT2D eigenvalue weighted by Crippen LogP contribution is -2.38. The second-order valence-electron chi connectivity index (χ2n) is 8.25. The molecule has 1 N–H and O–H groups in total. The summed E-state index contributed by atoms with van der Waals surface area (Å²) in [6, 6.07) is 11.0. The molecule has 1 saturated heterocycles. The zero-order valence-electron chi connectivity index (χ0n) is 21.3. The van der Waals surface area contributed by atoms with Gasteiger partial charge >= 0.3 is 0 Å². The third-order valence-electron chi connectivity index (χ3n) is 6.32. The molecule has 36 heavy (non-hydrogen) atoms. The maximum atomic E-state index is 13.3. The molecule has 0 aliphatic carbocycles. The van der Waals surface area contributed by atoms with Gasteiger partial charge in [-0.05, 0) is 55.6 Å². The second-order valence-corrected chi connectivity index (χ2v) is 8.25. The Kier molecular flexibility index (Phi) is 9.13. The number of benzene rings is 2. The van der Waals surface area contributed by atoms with Gasteiger partial charge < -0.3 is 29.1 Å².